The van der Waals surface area contributed by atoms with Crippen LogP contribution in [0.3, 0.4) is 0 Å². The first kappa shape index (κ1) is 15.3. The van der Waals surface area contributed by atoms with Crippen molar-refractivity contribution in [3.8, 4) is 11.8 Å². The zero-order chi connectivity index (χ0) is 14.0. The fourth-order valence-electron chi connectivity index (χ4n) is 1.78. The Morgan fingerprint density at radius 1 is 1.22 bits per heavy atom. The van der Waals surface area contributed by atoms with Crippen molar-refractivity contribution in [3.05, 3.63) is 34.3 Å². The van der Waals surface area contributed by atoms with Gasteiger partial charge in [0.05, 0.1) is 0 Å². The molecule has 0 atom stereocenters. The largest absolute Gasteiger partial charge is 0.402 e. The van der Waals surface area contributed by atoms with Crippen molar-refractivity contribution < 1.29 is 4.43 Å². The van der Waals surface area contributed by atoms with Gasteiger partial charge in [-0.2, -0.15) is 0 Å². The van der Waals surface area contributed by atoms with Crippen LogP contribution in [0, 0.1) is 18.8 Å². The number of hydrogen-bond acceptors (Lipinski definition) is 1. The first-order valence-electron chi connectivity index (χ1n) is 6.09. The van der Waals surface area contributed by atoms with Crippen LogP contribution in [0.5, 0.6) is 0 Å². The van der Waals surface area contributed by atoms with Crippen LogP contribution in [-0.2, 0) is 4.43 Å². The van der Waals surface area contributed by atoms with E-state index in [1.54, 1.807) is 0 Å². The van der Waals surface area contributed by atoms with Crippen LogP contribution in [0.15, 0.2) is 18.2 Å². The molecule has 0 aliphatic rings. The van der Waals surface area contributed by atoms with E-state index >= 15 is 0 Å². The molecular formula is C15H21ClOSi. The average molecular weight is 281 g/mol. The summed E-state index contributed by atoms with van der Waals surface area (Å²) >= 11 is 5.93. The van der Waals surface area contributed by atoms with Crippen molar-refractivity contribution in [2.45, 2.75) is 46.0 Å². The molecule has 3 heteroatoms. The maximum atomic E-state index is 6.05. The molecule has 1 nitrogen and oxygen atoms in total. The Morgan fingerprint density at radius 2 is 1.83 bits per heavy atom. The van der Waals surface area contributed by atoms with E-state index in [-0.39, 0.29) is 0 Å². The van der Waals surface area contributed by atoms with Crippen LogP contribution in [0.1, 0.15) is 25.0 Å². The van der Waals surface area contributed by atoms with Crippen molar-refractivity contribution in [1.29, 1.82) is 0 Å². The molecule has 0 N–H and O–H groups in total. The lowest BCUT2D eigenvalue weighted by Crippen LogP contribution is -2.37. The van der Waals surface area contributed by atoms with Crippen LogP contribution in [0.25, 0.3) is 0 Å². The Bertz CT molecular complexity index is 489. The molecule has 98 valence electrons. The van der Waals surface area contributed by atoms with Crippen molar-refractivity contribution >= 4 is 19.9 Å². The Kier molecular flexibility index (Phi) is 4.66. The Balaban J connectivity index is 2.93. The predicted molar refractivity (Wildman–Crippen MR) is 81.6 cm³/mol. The van der Waals surface area contributed by atoms with E-state index in [2.05, 4.69) is 31.5 Å². The van der Waals surface area contributed by atoms with Crippen LogP contribution in [0.2, 0.25) is 24.7 Å². The molecule has 0 aliphatic carbocycles. The SMILES string of the molecule is Cc1cc(Cl)ccc1C#CC(C)(C)O[Si](C)(C)C. The summed E-state index contributed by atoms with van der Waals surface area (Å²) in [5, 5.41) is 0.746. The maximum absolute atomic E-state index is 6.05. The van der Waals surface area contributed by atoms with E-state index in [1.807, 2.05) is 39.0 Å². The van der Waals surface area contributed by atoms with Gasteiger partial charge in [0.25, 0.3) is 0 Å². The molecule has 1 aromatic rings. The summed E-state index contributed by atoms with van der Waals surface area (Å²) in [6.45, 7) is 12.6. The van der Waals surface area contributed by atoms with Gasteiger partial charge in [0, 0.05) is 10.6 Å². The zero-order valence-corrected chi connectivity index (χ0v) is 13.8. The smallest absolute Gasteiger partial charge is 0.185 e. The van der Waals surface area contributed by atoms with Gasteiger partial charge in [-0.15, -0.1) is 0 Å². The third-order valence-electron chi connectivity index (χ3n) is 2.25. The summed E-state index contributed by atoms with van der Waals surface area (Å²) in [5.41, 5.74) is 1.70. The summed E-state index contributed by atoms with van der Waals surface area (Å²) in [6, 6.07) is 5.75. The molecule has 1 aromatic carbocycles. The minimum Gasteiger partial charge on any atom is -0.402 e. The molecule has 0 aliphatic heterocycles. The third-order valence-corrected chi connectivity index (χ3v) is 3.61. The number of benzene rings is 1. The highest BCUT2D eigenvalue weighted by atomic mass is 35.5. The van der Waals surface area contributed by atoms with Gasteiger partial charge >= 0.3 is 0 Å². The van der Waals surface area contributed by atoms with Crippen molar-refractivity contribution in [3.63, 3.8) is 0 Å². The first-order chi connectivity index (χ1) is 8.09. The summed E-state index contributed by atoms with van der Waals surface area (Å²) in [4.78, 5) is 0. The van der Waals surface area contributed by atoms with E-state index in [9.17, 15) is 0 Å². The lowest BCUT2D eigenvalue weighted by atomic mass is 10.1. The summed E-state index contributed by atoms with van der Waals surface area (Å²) in [5.74, 6) is 6.40. The van der Waals surface area contributed by atoms with Crippen molar-refractivity contribution in [1.82, 2.24) is 0 Å². The molecule has 0 saturated heterocycles. The van der Waals surface area contributed by atoms with E-state index in [0.717, 1.165) is 16.1 Å². The standard InChI is InChI=1S/C15H21ClOSi/c1-12-11-14(16)8-7-13(12)9-10-15(2,3)17-18(4,5)6/h7-8,11H,1-6H3. The highest BCUT2D eigenvalue weighted by Crippen LogP contribution is 2.18. The fraction of sp³-hybridized carbons (Fsp3) is 0.467. The van der Waals surface area contributed by atoms with Gasteiger partial charge in [0.2, 0.25) is 0 Å². The molecule has 0 aromatic heterocycles. The molecular weight excluding hydrogens is 260 g/mol. The van der Waals surface area contributed by atoms with Gasteiger partial charge in [-0.1, -0.05) is 23.4 Å². The highest BCUT2D eigenvalue weighted by Gasteiger charge is 2.25. The van der Waals surface area contributed by atoms with Crippen LogP contribution in [0.4, 0.5) is 0 Å². The lowest BCUT2D eigenvalue weighted by molar-refractivity contribution is 0.164. The van der Waals surface area contributed by atoms with Gasteiger partial charge in [0.15, 0.2) is 8.32 Å². The van der Waals surface area contributed by atoms with Crippen molar-refractivity contribution in [2.24, 2.45) is 0 Å². The summed E-state index contributed by atoms with van der Waals surface area (Å²) in [7, 11) is -1.58. The van der Waals surface area contributed by atoms with Gasteiger partial charge in [-0.3, -0.25) is 0 Å². The zero-order valence-electron chi connectivity index (χ0n) is 12.0. The second kappa shape index (κ2) is 5.48. The van der Waals surface area contributed by atoms with Crippen LogP contribution >= 0.6 is 11.6 Å². The normalized spacial score (nSPS) is 11.9. The molecule has 0 bridgehead atoms. The van der Waals surface area contributed by atoms with E-state index in [4.69, 9.17) is 16.0 Å². The molecule has 18 heavy (non-hydrogen) atoms. The predicted octanol–water partition coefficient (Wildman–Crippen LogP) is 4.63. The Labute approximate surface area is 117 Å². The second-order valence-electron chi connectivity index (χ2n) is 5.93. The minimum atomic E-state index is -1.58. The van der Waals surface area contributed by atoms with E-state index < -0.39 is 13.9 Å². The molecule has 0 fully saturated rings. The summed E-state index contributed by atoms with van der Waals surface area (Å²) < 4.78 is 6.05. The monoisotopic (exact) mass is 280 g/mol. The highest BCUT2D eigenvalue weighted by molar-refractivity contribution is 6.69. The van der Waals surface area contributed by atoms with Gasteiger partial charge < -0.3 is 4.43 Å². The molecule has 1 rings (SSSR count). The average Bonchev–Trinajstić information content (AvgIpc) is 2.12. The third kappa shape index (κ3) is 5.26. The van der Waals surface area contributed by atoms with Crippen LogP contribution in [-0.4, -0.2) is 13.9 Å². The topological polar surface area (TPSA) is 9.23 Å². The Morgan fingerprint density at radius 3 is 2.33 bits per heavy atom. The molecule has 0 saturated carbocycles. The molecule has 0 radical (unpaired) electrons. The lowest BCUT2D eigenvalue weighted by Gasteiger charge is -2.28. The molecule has 0 spiro atoms. The quantitative estimate of drug-likeness (QED) is 0.567. The molecule has 0 amide bonds. The minimum absolute atomic E-state index is 0.406. The Hall–Kier alpha value is -0.753. The fourth-order valence-corrected chi connectivity index (χ4v) is 3.58. The van der Waals surface area contributed by atoms with Gasteiger partial charge in [0.1, 0.15) is 5.60 Å². The van der Waals surface area contributed by atoms with Gasteiger partial charge in [-0.05, 0) is 64.2 Å². The van der Waals surface area contributed by atoms with Crippen molar-refractivity contribution in [2.75, 3.05) is 0 Å². The number of halogens is 1. The number of hydrogen-bond donors (Lipinski definition) is 0. The maximum Gasteiger partial charge on any atom is 0.185 e. The van der Waals surface area contributed by atoms with Gasteiger partial charge in [-0.25, -0.2) is 0 Å². The molecule has 0 unspecified atom stereocenters. The van der Waals surface area contributed by atoms with E-state index in [0.29, 0.717) is 0 Å². The second-order valence-corrected chi connectivity index (χ2v) is 10.8. The number of aryl methyl sites for hydroxylation is 1. The van der Waals surface area contributed by atoms with E-state index in [1.165, 1.54) is 0 Å². The van der Waals surface area contributed by atoms with Crippen LogP contribution < -0.4 is 0 Å². The molecule has 0 heterocycles. The number of rotatable bonds is 2. The summed E-state index contributed by atoms with van der Waals surface area (Å²) in [6.07, 6.45) is 0. The first-order valence-corrected chi connectivity index (χ1v) is 9.87.